The summed E-state index contributed by atoms with van der Waals surface area (Å²) in [5, 5.41) is 16.0. The van der Waals surface area contributed by atoms with Crippen LogP contribution in [-0.2, 0) is 14.3 Å². The van der Waals surface area contributed by atoms with Gasteiger partial charge in [0.25, 0.3) is 0 Å². The smallest absolute Gasteiger partial charge is 0.333 e. The second-order valence-electron chi connectivity index (χ2n) is 6.67. The maximum Gasteiger partial charge on any atom is 0.333 e. The minimum atomic E-state index is -0.772. The first-order valence-corrected chi connectivity index (χ1v) is 8.40. The van der Waals surface area contributed by atoms with Crippen molar-refractivity contribution in [2.24, 2.45) is 0 Å². The van der Waals surface area contributed by atoms with Crippen LogP contribution in [0.25, 0.3) is 0 Å². The first-order chi connectivity index (χ1) is 10.8. The van der Waals surface area contributed by atoms with Gasteiger partial charge in [-0.3, -0.25) is 4.79 Å². The third-order valence-corrected chi connectivity index (χ3v) is 3.73. The number of β-amino-alcohol motifs (C(OH)–C–C–N with tert-alkyl or cyclic N) is 1. The highest BCUT2D eigenvalue weighted by Gasteiger charge is 2.21. The molecule has 1 atom stereocenters. The summed E-state index contributed by atoms with van der Waals surface area (Å²) in [6, 6.07) is 0. The molecule has 1 aliphatic carbocycles. The highest BCUT2D eigenvalue weighted by Crippen LogP contribution is 2.18. The van der Waals surface area contributed by atoms with E-state index in [2.05, 4.69) is 10.6 Å². The van der Waals surface area contributed by atoms with Crippen molar-refractivity contribution in [2.75, 3.05) is 19.7 Å². The highest BCUT2D eigenvalue weighted by atomic mass is 16.5. The van der Waals surface area contributed by atoms with Crippen molar-refractivity contribution in [1.82, 2.24) is 10.6 Å². The Hall–Kier alpha value is -1.40. The van der Waals surface area contributed by atoms with Crippen molar-refractivity contribution >= 4 is 11.9 Å². The molecule has 0 aromatic carbocycles. The predicted octanol–water partition coefficient (Wildman–Crippen LogP) is 1.29. The summed E-state index contributed by atoms with van der Waals surface area (Å²) in [5.74, 6) is -0.297. The van der Waals surface area contributed by atoms with Gasteiger partial charge in [-0.05, 0) is 39.5 Å². The van der Waals surface area contributed by atoms with Gasteiger partial charge in [0.1, 0.15) is 12.7 Å². The Morgan fingerprint density at radius 1 is 1.43 bits per heavy atom. The fourth-order valence-corrected chi connectivity index (χ4v) is 2.27. The van der Waals surface area contributed by atoms with Gasteiger partial charge in [0.2, 0.25) is 5.91 Å². The number of ether oxygens (including phenoxy) is 1. The van der Waals surface area contributed by atoms with E-state index >= 15 is 0 Å². The van der Waals surface area contributed by atoms with E-state index in [1.807, 2.05) is 26.8 Å². The largest absolute Gasteiger partial charge is 0.460 e. The molecule has 132 valence electrons. The fourth-order valence-electron chi connectivity index (χ4n) is 2.27. The zero-order valence-corrected chi connectivity index (χ0v) is 14.5. The monoisotopic (exact) mass is 326 g/mol. The number of aliphatic hydroxyl groups excluding tert-OH is 1. The van der Waals surface area contributed by atoms with Crippen molar-refractivity contribution in [3.05, 3.63) is 11.6 Å². The number of carbonyl (C=O) groups is 2. The Kier molecular flexibility index (Phi) is 8.26. The topological polar surface area (TPSA) is 87.7 Å². The minimum absolute atomic E-state index is 0.0263. The molecule has 0 fully saturated rings. The van der Waals surface area contributed by atoms with Crippen LogP contribution in [0.4, 0.5) is 0 Å². The van der Waals surface area contributed by atoms with Gasteiger partial charge in [-0.15, -0.1) is 0 Å². The molecule has 1 unspecified atom stereocenters. The van der Waals surface area contributed by atoms with Crippen molar-refractivity contribution in [1.29, 1.82) is 0 Å². The average molecular weight is 326 g/mol. The molecule has 0 aromatic heterocycles. The number of allylic oxidation sites excluding steroid dienone is 1. The molecule has 23 heavy (non-hydrogen) atoms. The van der Waals surface area contributed by atoms with Crippen molar-refractivity contribution in [3.63, 3.8) is 0 Å². The van der Waals surface area contributed by atoms with Gasteiger partial charge in [-0.2, -0.15) is 0 Å². The quantitative estimate of drug-likeness (QED) is 0.527. The van der Waals surface area contributed by atoms with Crippen LogP contribution in [0.2, 0.25) is 0 Å². The molecule has 0 saturated heterocycles. The molecular formula is C17H30N2O4. The Labute approximate surface area is 138 Å². The van der Waals surface area contributed by atoms with Gasteiger partial charge in [0, 0.05) is 30.6 Å². The normalized spacial score (nSPS) is 15.9. The van der Waals surface area contributed by atoms with Crippen LogP contribution >= 0.6 is 0 Å². The molecule has 1 rings (SSSR count). The summed E-state index contributed by atoms with van der Waals surface area (Å²) < 4.78 is 5.12. The second kappa shape index (κ2) is 9.67. The van der Waals surface area contributed by atoms with E-state index in [-0.39, 0.29) is 24.0 Å². The lowest BCUT2D eigenvalue weighted by Gasteiger charge is -2.28. The molecule has 6 nitrogen and oxygen atoms in total. The zero-order valence-electron chi connectivity index (χ0n) is 14.5. The maximum atomic E-state index is 11.7. The molecule has 6 heteroatoms. The summed E-state index contributed by atoms with van der Waals surface area (Å²) in [6.07, 6.45) is 5.14. The molecular weight excluding hydrogens is 296 g/mol. The van der Waals surface area contributed by atoms with Gasteiger partial charge < -0.3 is 20.5 Å². The first-order valence-electron chi connectivity index (χ1n) is 8.40. The van der Waals surface area contributed by atoms with Gasteiger partial charge >= 0.3 is 5.97 Å². The summed E-state index contributed by atoms with van der Waals surface area (Å²) in [6.45, 7) is 6.60. The van der Waals surface area contributed by atoms with Gasteiger partial charge in [-0.1, -0.05) is 13.0 Å². The molecule has 1 amide bonds. The Bertz CT molecular complexity index is 432. The van der Waals surface area contributed by atoms with Crippen molar-refractivity contribution in [2.45, 2.75) is 64.5 Å². The Morgan fingerprint density at radius 3 is 2.78 bits per heavy atom. The number of nitrogens with one attached hydrogen (secondary N) is 2. The lowest BCUT2D eigenvalue weighted by Crippen LogP contribution is -2.51. The van der Waals surface area contributed by atoms with E-state index in [9.17, 15) is 14.7 Å². The summed E-state index contributed by atoms with van der Waals surface area (Å²) in [4.78, 5) is 23.2. The Morgan fingerprint density at radius 2 is 2.17 bits per heavy atom. The number of hydrogen-bond donors (Lipinski definition) is 3. The summed E-state index contributed by atoms with van der Waals surface area (Å²) in [5.41, 5.74) is 0.367. The molecule has 0 saturated carbocycles. The van der Waals surface area contributed by atoms with E-state index < -0.39 is 6.10 Å². The van der Waals surface area contributed by atoms with Crippen LogP contribution in [0.3, 0.4) is 0 Å². The van der Waals surface area contributed by atoms with Crippen LogP contribution in [0.1, 0.15) is 52.9 Å². The first kappa shape index (κ1) is 19.6. The van der Waals surface area contributed by atoms with E-state index in [4.69, 9.17) is 4.74 Å². The maximum absolute atomic E-state index is 11.7. The number of aliphatic hydroxyl groups is 1. The van der Waals surface area contributed by atoms with Crippen molar-refractivity contribution in [3.8, 4) is 0 Å². The van der Waals surface area contributed by atoms with Crippen LogP contribution in [-0.4, -0.2) is 48.3 Å². The van der Waals surface area contributed by atoms with Crippen LogP contribution < -0.4 is 10.6 Å². The van der Waals surface area contributed by atoms with Gasteiger partial charge in [0.15, 0.2) is 0 Å². The van der Waals surface area contributed by atoms with Gasteiger partial charge in [0.05, 0.1) is 0 Å². The second-order valence-corrected chi connectivity index (χ2v) is 6.67. The van der Waals surface area contributed by atoms with E-state index in [1.54, 1.807) is 0 Å². The van der Waals surface area contributed by atoms with E-state index in [0.29, 0.717) is 25.1 Å². The molecule has 1 aliphatic rings. The number of carbonyl (C=O) groups excluding carboxylic acids is 2. The molecule has 0 aliphatic heterocycles. The average Bonchev–Trinajstić information content (AvgIpc) is 3.03. The van der Waals surface area contributed by atoms with Gasteiger partial charge in [-0.25, -0.2) is 4.79 Å². The molecule has 0 radical (unpaired) electrons. The van der Waals surface area contributed by atoms with Crippen molar-refractivity contribution < 1.29 is 19.4 Å². The van der Waals surface area contributed by atoms with Crippen LogP contribution in [0.15, 0.2) is 11.6 Å². The lowest BCUT2D eigenvalue weighted by molar-refractivity contribution is -0.142. The minimum Gasteiger partial charge on any atom is -0.460 e. The lowest BCUT2D eigenvalue weighted by atomic mass is 10.1. The third-order valence-electron chi connectivity index (χ3n) is 3.73. The molecule has 0 aromatic rings. The molecule has 0 spiro atoms. The summed E-state index contributed by atoms with van der Waals surface area (Å²) >= 11 is 0. The molecule has 3 N–H and O–H groups in total. The number of rotatable bonds is 10. The van der Waals surface area contributed by atoms with E-state index in [0.717, 1.165) is 25.7 Å². The van der Waals surface area contributed by atoms with Crippen LogP contribution in [0, 0.1) is 0 Å². The summed E-state index contributed by atoms with van der Waals surface area (Å²) in [7, 11) is 0. The standard InChI is InChI=1S/C17H30N2O4/c1-4-7-15(21)18-12-17(2,3)19-10-14(20)11-23-16(22)13-8-5-6-9-13/h8,14,19-20H,4-7,9-12H2,1-3H3,(H,18,21). The zero-order chi connectivity index (χ0) is 17.3. The van der Waals surface area contributed by atoms with Crippen LogP contribution in [0.5, 0.6) is 0 Å². The molecule has 0 bridgehead atoms. The fraction of sp³-hybridized carbons (Fsp3) is 0.765. The Balaban J connectivity index is 2.21. The highest BCUT2D eigenvalue weighted by molar-refractivity contribution is 5.88. The third kappa shape index (κ3) is 8.13. The molecule has 0 heterocycles. The van der Waals surface area contributed by atoms with E-state index in [1.165, 1.54) is 0 Å². The number of esters is 1. The number of amides is 1. The predicted molar refractivity (Wildman–Crippen MR) is 88.9 cm³/mol. The number of hydrogen-bond acceptors (Lipinski definition) is 5. The SMILES string of the molecule is CCCC(=O)NCC(C)(C)NCC(O)COC(=O)C1=CCCC1.